The number of aromatic nitrogens is 2. The van der Waals surface area contributed by atoms with E-state index >= 15 is 0 Å². The molecule has 0 N–H and O–H groups in total. The highest BCUT2D eigenvalue weighted by atomic mass is 35.5. The lowest BCUT2D eigenvalue weighted by Gasteiger charge is -2.32. The highest BCUT2D eigenvalue weighted by molar-refractivity contribution is 6.30. The van der Waals surface area contributed by atoms with Crippen LogP contribution >= 0.6 is 11.6 Å². The van der Waals surface area contributed by atoms with E-state index in [-0.39, 0.29) is 11.5 Å². The van der Waals surface area contributed by atoms with Gasteiger partial charge in [-0.2, -0.15) is 0 Å². The van der Waals surface area contributed by atoms with Gasteiger partial charge in [0.15, 0.2) is 0 Å². The molecule has 180 valence electrons. The summed E-state index contributed by atoms with van der Waals surface area (Å²) in [5, 5.41) is 1.09. The van der Waals surface area contributed by atoms with E-state index in [4.69, 9.17) is 21.3 Å². The van der Waals surface area contributed by atoms with Crippen LogP contribution < -0.4 is 10.3 Å². The number of halogens is 1. The van der Waals surface area contributed by atoms with Crippen LogP contribution in [0.1, 0.15) is 48.9 Å². The average molecular weight is 490 g/mol. The number of nitrogens with zero attached hydrogens (tertiary/aromatic N) is 3. The van der Waals surface area contributed by atoms with Crippen LogP contribution in [-0.4, -0.2) is 34.0 Å². The van der Waals surface area contributed by atoms with Gasteiger partial charge in [0.25, 0.3) is 11.5 Å². The number of hydrogen-bond acceptors (Lipinski definition) is 4. The van der Waals surface area contributed by atoms with Gasteiger partial charge in [-0.15, -0.1) is 0 Å². The zero-order valence-electron chi connectivity index (χ0n) is 20.1. The van der Waals surface area contributed by atoms with Gasteiger partial charge in [-0.3, -0.25) is 14.2 Å². The molecule has 7 heteroatoms. The Morgan fingerprint density at radius 2 is 1.80 bits per heavy atom. The Labute approximate surface area is 209 Å². The Bertz CT molecular complexity index is 1400. The molecule has 0 radical (unpaired) electrons. The summed E-state index contributed by atoms with van der Waals surface area (Å²) in [6, 6.07) is 21.1. The minimum Gasteiger partial charge on any atom is -0.497 e. The number of carbonyl (C=O) groups excluding carboxylic acids is 1. The molecular formula is C28H28ClN3O3. The summed E-state index contributed by atoms with van der Waals surface area (Å²) in [6.07, 6.45) is 1.33. The largest absolute Gasteiger partial charge is 0.497 e. The molecule has 1 atom stereocenters. The number of para-hydroxylation sites is 1. The molecule has 0 saturated carbocycles. The summed E-state index contributed by atoms with van der Waals surface area (Å²) >= 11 is 6.12. The van der Waals surface area contributed by atoms with Crippen molar-refractivity contribution in [1.82, 2.24) is 14.5 Å². The molecule has 1 amide bonds. The van der Waals surface area contributed by atoms with Gasteiger partial charge in [-0.05, 0) is 67.4 Å². The number of amides is 1. The molecule has 0 saturated heterocycles. The maximum atomic E-state index is 13.8. The van der Waals surface area contributed by atoms with E-state index < -0.39 is 6.04 Å². The van der Waals surface area contributed by atoms with Crippen molar-refractivity contribution in [2.45, 2.75) is 32.7 Å². The molecule has 1 unspecified atom stereocenters. The zero-order chi connectivity index (χ0) is 24.9. The van der Waals surface area contributed by atoms with E-state index in [1.54, 1.807) is 71.2 Å². The number of ether oxygens (including phenoxy) is 1. The number of carbonyl (C=O) groups is 1. The number of benzene rings is 3. The molecule has 0 bridgehead atoms. The van der Waals surface area contributed by atoms with Crippen LogP contribution in [0.4, 0.5) is 0 Å². The van der Waals surface area contributed by atoms with Crippen LogP contribution in [0.15, 0.2) is 77.6 Å². The maximum absolute atomic E-state index is 13.8. The van der Waals surface area contributed by atoms with Crippen molar-refractivity contribution in [1.29, 1.82) is 0 Å². The fourth-order valence-corrected chi connectivity index (χ4v) is 4.44. The first-order chi connectivity index (χ1) is 17.0. The van der Waals surface area contributed by atoms with Crippen molar-refractivity contribution in [2.75, 3.05) is 13.7 Å². The molecule has 4 aromatic rings. The molecule has 1 aromatic heterocycles. The van der Waals surface area contributed by atoms with Crippen LogP contribution in [-0.2, 0) is 0 Å². The molecule has 0 aliphatic rings. The summed E-state index contributed by atoms with van der Waals surface area (Å²) in [4.78, 5) is 34.2. The predicted molar refractivity (Wildman–Crippen MR) is 140 cm³/mol. The van der Waals surface area contributed by atoms with Crippen molar-refractivity contribution in [3.8, 4) is 11.4 Å². The van der Waals surface area contributed by atoms with Crippen LogP contribution in [0.5, 0.6) is 5.75 Å². The second kappa shape index (κ2) is 10.7. The van der Waals surface area contributed by atoms with Gasteiger partial charge in [-0.1, -0.05) is 43.6 Å². The summed E-state index contributed by atoms with van der Waals surface area (Å²) < 4.78 is 6.93. The molecular weight excluding hydrogens is 462 g/mol. The molecule has 6 nitrogen and oxygen atoms in total. The molecule has 0 aliphatic carbocycles. The molecule has 0 aliphatic heterocycles. The summed E-state index contributed by atoms with van der Waals surface area (Å²) in [5.41, 5.74) is 1.59. The van der Waals surface area contributed by atoms with E-state index in [9.17, 15) is 9.59 Å². The average Bonchev–Trinajstić information content (AvgIpc) is 2.89. The monoisotopic (exact) mass is 489 g/mol. The van der Waals surface area contributed by atoms with E-state index in [0.717, 1.165) is 6.42 Å². The quantitative estimate of drug-likeness (QED) is 0.302. The minimum absolute atomic E-state index is 0.136. The van der Waals surface area contributed by atoms with Crippen molar-refractivity contribution in [2.24, 2.45) is 0 Å². The number of rotatable bonds is 8. The number of methoxy groups -OCH3 is 1. The third-order valence-corrected chi connectivity index (χ3v) is 6.24. The predicted octanol–water partition coefficient (Wildman–Crippen LogP) is 6.05. The Hall–Kier alpha value is -3.64. The minimum atomic E-state index is -0.429. The summed E-state index contributed by atoms with van der Waals surface area (Å²) in [6.45, 7) is 4.54. The first-order valence-electron chi connectivity index (χ1n) is 11.7. The van der Waals surface area contributed by atoms with Crippen molar-refractivity contribution in [3.63, 3.8) is 0 Å². The lowest BCUT2D eigenvalue weighted by molar-refractivity contribution is 0.0659. The molecule has 0 fully saturated rings. The second-order valence-corrected chi connectivity index (χ2v) is 8.70. The molecule has 3 aromatic carbocycles. The fourth-order valence-electron chi connectivity index (χ4n) is 4.32. The Morgan fingerprint density at radius 1 is 1.06 bits per heavy atom. The lowest BCUT2D eigenvalue weighted by atomic mass is 10.1. The lowest BCUT2D eigenvalue weighted by Crippen LogP contribution is -2.39. The number of fused-ring (bicyclic) bond motifs is 1. The molecule has 35 heavy (non-hydrogen) atoms. The first kappa shape index (κ1) is 24.5. The SMILES string of the molecule is CCCN(C(=O)c1cccc(OC)c1)C(CC)c1nc2ccccc2c(=O)n1-c1ccc(Cl)cc1. The van der Waals surface area contributed by atoms with Crippen LogP contribution in [0.2, 0.25) is 5.02 Å². The topological polar surface area (TPSA) is 64.4 Å². The summed E-state index contributed by atoms with van der Waals surface area (Å²) in [5.74, 6) is 0.994. The Kier molecular flexibility index (Phi) is 7.51. The first-order valence-corrected chi connectivity index (χ1v) is 12.1. The van der Waals surface area contributed by atoms with Gasteiger partial charge in [0.1, 0.15) is 11.6 Å². The fraction of sp³-hybridized carbons (Fsp3) is 0.250. The third kappa shape index (κ3) is 4.93. The van der Waals surface area contributed by atoms with E-state index in [1.165, 1.54) is 0 Å². The Balaban J connectivity index is 1.92. The second-order valence-electron chi connectivity index (χ2n) is 8.26. The third-order valence-electron chi connectivity index (χ3n) is 5.99. The van der Waals surface area contributed by atoms with Crippen molar-refractivity contribution >= 4 is 28.4 Å². The van der Waals surface area contributed by atoms with Crippen molar-refractivity contribution in [3.05, 3.63) is 99.6 Å². The van der Waals surface area contributed by atoms with Gasteiger partial charge >= 0.3 is 0 Å². The maximum Gasteiger partial charge on any atom is 0.266 e. The van der Waals surface area contributed by atoms with Gasteiger partial charge in [0.2, 0.25) is 0 Å². The summed E-state index contributed by atoms with van der Waals surface area (Å²) in [7, 11) is 1.58. The number of hydrogen-bond donors (Lipinski definition) is 0. The van der Waals surface area contributed by atoms with E-state index in [0.29, 0.717) is 51.7 Å². The molecule has 4 rings (SSSR count). The zero-order valence-corrected chi connectivity index (χ0v) is 20.8. The van der Waals surface area contributed by atoms with Crippen LogP contribution in [0.25, 0.3) is 16.6 Å². The smallest absolute Gasteiger partial charge is 0.266 e. The highest BCUT2D eigenvalue weighted by Crippen LogP contribution is 2.28. The molecule has 1 heterocycles. The Morgan fingerprint density at radius 3 is 2.49 bits per heavy atom. The van der Waals surface area contributed by atoms with Crippen molar-refractivity contribution < 1.29 is 9.53 Å². The molecule has 0 spiro atoms. The standard InChI is InChI=1S/C28H28ClN3O3/c1-4-17-31(27(33)19-9-8-10-22(18-19)35-3)25(5-2)26-30-24-12-7-6-11-23(24)28(34)32(26)21-15-13-20(29)14-16-21/h6-16,18,25H,4-5,17H2,1-3H3. The van der Waals surface area contributed by atoms with E-state index in [1.807, 2.05) is 32.0 Å². The van der Waals surface area contributed by atoms with Crippen LogP contribution in [0.3, 0.4) is 0 Å². The van der Waals surface area contributed by atoms with Gasteiger partial charge < -0.3 is 9.64 Å². The van der Waals surface area contributed by atoms with Gasteiger partial charge in [-0.25, -0.2) is 4.98 Å². The van der Waals surface area contributed by atoms with E-state index in [2.05, 4.69) is 0 Å². The normalized spacial score (nSPS) is 11.9. The van der Waals surface area contributed by atoms with Crippen LogP contribution in [0, 0.1) is 0 Å². The highest BCUT2D eigenvalue weighted by Gasteiger charge is 2.29. The van der Waals surface area contributed by atoms with Gasteiger partial charge in [0, 0.05) is 17.1 Å². The van der Waals surface area contributed by atoms with Gasteiger partial charge in [0.05, 0.1) is 29.7 Å².